The third-order valence-electron chi connectivity index (χ3n) is 3.90. The second-order valence-electron chi connectivity index (χ2n) is 5.34. The molecule has 1 fully saturated rings. The maximum absolute atomic E-state index is 12.2. The third-order valence-corrected chi connectivity index (χ3v) is 3.90. The normalized spacial score (nSPS) is 29.0. The number of rotatable bonds is 4. The second kappa shape index (κ2) is 6.96. The molecule has 1 saturated heterocycles. The molecule has 0 aliphatic carbocycles. The zero-order valence-electron chi connectivity index (χ0n) is 11.8. The van der Waals surface area contributed by atoms with Gasteiger partial charge in [-0.05, 0) is 12.1 Å². The molecule has 0 aromatic heterocycles. The second-order valence-corrected chi connectivity index (χ2v) is 5.34. The predicted octanol–water partition coefficient (Wildman–Crippen LogP) is -1.50. The molecule has 1 aromatic rings. The summed E-state index contributed by atoms with van der Waals surface area (Å²) >= 11 is 0. The zero-order valence-corrected chi connectivity index (χ0v) is 11.8. The first-order chi connectivity index (χ1) is 10.5. The third kappa shape index (κ3) is 3.32. The van der Waals surface area contributed by atoms with Crippen LogP contribution >= 0.6 is 0 Å². The van der Waals surface area contributed by atoms with Gasteiger partial charge in [-0.15, -0.1) is 0 Å². The van der Waals surface area contributed by atoms with Gasteiger partial charge in [0.05, 0.1) is 36.9 Å². The molecular weight excluding hydrogens is 288 g/mol. The van der Waals surface area contributed by atoms with Crippen LogP contribution in [0.1, 0.15) is 15.9 Å². The minimum Gasteiger partial charge on any atom is -0.395 e. The van der Waals surface area contributed by atoms with E-state index < -0.39 is 31.0 Å². The lowest BCUT2D eigenvalue weighted by Gasteiger charge is -2.42. The average Bonchev–Trinajstić information content (AvgIpc) is 2.53. The van der Waals surface area contributed by atoms with Crippen molar-refractivity contribution >= 4 is 5.78 Å². The molecule has 7 nitrogen and oxygen atoms in total. The first-order valence-corrected chi connectivity index (χ1v) is 6.90. The largest absolute Gasteiger partial charge is 0.395 e. The molecular formula is C15H18N2O5. The van der Waals surface area contributed by atoms with Crippen molar-refractivity contribution in [3.63, 3.8) is 0 Å². The van der Waals surface area contributed by atoms with E-state index in [1.54, 1.807) is 0 Å². The lowest BCUT2D eigenvalue weighted by Crippen LogP contribution is -2.63. The summed E-state index contributed by atoms with van der Waals surface area (Å²) in [6.45, 7) is -0.574. The van der Waals surface area contributed by atoms with Gasteiger partial charge in [0.1, 0.15) is 12.2 Å². The Hall–Kier alpha value is -1.82. The van der Waals surface area contributed by atoms with E-state index in [1.807, 2.05) is 6.07 Å². The number of likely N-dealkylation sites (tertiary alicyclic amines) is 1. The van der Waals surface area contributed by atoms with Crippen LogP contribution in [0, 0.1) is 11.3 Å². The van der Waals surface area contributed by atoms with Crippen molar-refractivity contribution < 1.29 is 25.2 Å². The fraction of sp³-hybridized carbons (Fsp3) is 0.467. The fourth-order valence-corrected chi connectivity index (χ4v) is 2.57. The highest BCUT2D eigenvalue weighted by molar-refractivity contribution is 5.97. The van der Waals surface area contributed by atoms with Crippen LogP contribution in [0.3, 0.4) is 0 Å². The number of hydrogen-bond donors (Lipinski definition) is 4. The van der Waals surface area contributed by atoms with Crippen molar-refractivity contribution in [2.75, 3.05) is 19.7 Å². The summed E-state index contributed by atoms with van der Waals surface area (Å²) in [6, 6.07) is 7.25. The molecule has 22 heavy (non-hydrogen) atoms. The van der Waals surface area contributed by atoms with Gasteiger partial charge in [-0.1, -0.05) is 12.1 Å². The Kier molecular flexibility index (Phi) is 5.24. The average molecular weight is 306 g/mol. The van der Waals surface area contributed by atoms with Gasteiger partial charge < -0.3 is 20.4 Å². The van der Waals surface area contributed by atoms with Crippen molar-refractivity contribution in [1.82, 2.24) is 4.90 Å². The van der Waals surface area contributed by atoms with Crippen LogP contribution in [0.15, 0.2) is 24.3 Å². The Labute approximate surface area is 127 Å². The first kappa shape index (κ1) is 16.5. The Balaban J connectivity index is 2.10. The maximum Gasteiger partial charge on any atom is 0.176 e. The van der Waals surface area contributed by atoms with E-state index in [0.29, 0.717) is 11.1 Å². The van der Waals surface area contributed by atoms with Crippen LogP contribution in [0.25, 0.3) is 0 Å². The minimum absolute atomic E-state index is 0.0223. The number of nitriles is 1. The van der Waals surface area contributed by atoms with Crippen molar-refractivity contribution in [1.29, 1.82) is 5.26 Å². The van der Waals surface area contributed by atoms with E-state index in [4.69, 9.17) is 5.26 Å². The van der Waals surface area contributed by atoms with E-state index in [9.17, 15) is 25.2 Å². The van der Waals surface area contributed by atoms with E-state index in [2.05, 4.69) is 0 Å². The maximum atomic E-state index is 12.2. The van der Waals surface area contributed by atoms with Gasteiger partial charge in [0, 0.05) is 12.1 Å². The van der Waals surface area contributed by atoms with Crippen LogP contribution < -0.4 is 0 Å². The Morgan fingerprint density at radius 1 is 1.23 bits per heavy atom. The van der Waals surface area contributed by atoms with Crippen molar-refractivity contribution in [2.24, 2.45) is 0 Å². The monoisotopic (exact) mass is 306 g/mol. The molecule has 0 amide bonds. The Morgan fingerprint density at radius 3 is 2.41 bits per heavy atom. The van der Waals surface area contributed by atoms with Crippen LogP contribution in [-0.4, -0.2) is 75.2 Å². The molecule has 7 heteroatoms. The van der Waals surface area contributed by atoms with Gasteiger partial charge in [-0.2, -0.15) is 5.26 Å². The van der Waals surface area contributed by atoms with Gasteiger partial charge >= 0.3 is 0 Å². The van der Waals surface area contributed by atoms with Gasteiger partial charge in [-0.25, -0.2) is 0 Å². The van der Waals surface area contributed by atoms with Gasteiger partial charge in [0.15, 0.2) is 5.78 Å². The number of benzene rings is 1. The van der Waals surface area contributed by atoms with E-state index >= 15 is 0 Å². The fourth-order valence-electron chi connectivity index (χ4n) is 2.57. The molecule has 4 N–H and O–H groups in total. The molecule has 4 atom stereocenters. The lowest BCUT2D eigenvalue weighted by molar-refractivity contribution is -0.142. The molecule has 0 spiro atoms. The van der Waals surface area contributed by atoms with Crippen LogP contribution in [0.5, 0.6) is 0 Å². The minimum atomic E-state index is -1.35. The lowest BCUT2D eigenvalue weighted by atomic mass is 9.93. The van der Waals surface area contributed by atoms with E-state index in [-0.39, 0.29) is 18.9 Å². The Bertz CT molecular complexity index is 568. The molecule has 0 bridgehead atoms. The number of piperidine rings is 1. The van der Waals surface area contributed by atoms with Gasteiger partial charge in [0.25, 0.3) is 0 Å². The number of ketones is 1. The quantitative estimate of drug-likeness (QED) is 0.499. The van der Waals surface area contributed by atoms with Crippen LogP contribution in [0.4, 0.5) is 0 Å². The highest BCUT2D eigenvalue weighted by Crippen LogP contribution is 2.19. The predicted molar refractivity (Wildman–Crippen MR) is 76.0 cm³/mol. The molecule has 1 aliphatic rings. The number of aliphatic hydroxyl groups is 4. The van der Waals surface area contributed by atoms with Crippen molar-refractivity contribution in [3.8, 4) is 6.07 Å². The molecule has 118 valence electrons. The molecule has 0 unspecified atom stereocenters. The topological polar surface area (TPSA) is 125 Å². The van der Waals surface area contributed by atoms with E-state index in [0.717, 1.165) is 0 Å². The SMILES string of the molecule is N#Cc1ccc(C(=O)CN2C[C@H](O)[C@@H](O)[C@H](O)[C@H]2CO)cc1. The summed E-state index contributed by atoms with van der Waals surface area (Å²) in [5.74, 6) is -0.265. The summed E-state index contributed by atoms with van der Waals surface area (Å²) in [5, 5.41) is 47.3. The summed E-state index contributed by atoms with van der Waals surface area (Å²) in [6.07, 6.45) is -3.87. The molecule has 0 radical (unpaired) electrons. The van der Waals surface area contributed by atoms with Crippen LogP contribution in [0.2, 0.25) is 0 Å². The number of nitrogens with zero attached hydrogens (tertiary/aromatic N) is 2. The summed E-state index contributed by atoms with van der Waals surface area (Å²) in [7, 11) is 0. The molecule has 1 aromatic carbocycles. The zero-order chi connectivity index (χ0) is 16.3. The number of carbonyl (C=O) groups excluding carboxylic acids is 1. The molecule has 2 rings (SSSR count). The van der Waals surface area contributed by atoms with Crippen LogP contribution in [-0.2, 0) is 0 Å². The first-order valence-electron chi connectivity index (χ1n) is 6.90. The number of carbonyl (C=O) groups is 1. The summed E-state index contributed by atoms with van der Waals surface area (Å²) in [4.78, 5) is 13.7. The highest BCUT2D eigenvalue weighted by atomic mass is 16.4. The van der Waals surface area contributed by atoms with Crippen molar-refractivity contribution in [3.05, 3.63) is 35.4 Å². The van der Waals surface area contributed by atoms with Gasteiger partial charge in [-0.3, -0.25) is 9.69 Å². The smallest absolute Gasteiger partial charge is 0.176 e. The summed E-state index contributed by atoms with van der Waals surface area (Å²) < 4.78 is 0. The number of Topliss-reactive ketones (excluding diaryl/α,β-unsaturated/α-hetero) is 1. The highest BCUT2D eigenvalue weighted by Gasteiger charge is 2.41. The summed E-state index contributed by atoms with van der Waals surface area (Å²) in [5.41, 5.74) is 0.836. The standard InChI is InChI=1S/C15H18N2O5/c16-5-9-1-3-10(4-2-9)12(19)6-17-7-13(20)15(22)14(21)11(17)8-18/h1-4,11,13-15,18,20-22H,6-8H2/t11-,13+,14-,15-/m1/s1. The molecule has 1 heterocycles. The van der Waals surface area contributed by atoms with Crippen molar-refractivity contribution in [2.45, 2.75) is 24.4 Å². The number of aliphatic hydroxyl groups excluding tert-OH is 4. The van der Waals surface area contributed by atoms with Gasteiger partial charge in [0.2, 0.25) is 0 Å². The Morgan fingerprint density at radius 2 is 1.86 bits per heavy atom. The number of hydrogen-bond acceptors (Lipinski definition) is 7. The molecule has 0 saturated carbocycles. The number of β-amino-alcohol motifs (C(OH)–C–C–N with tert-alkyl or cyclic N) is 1. The van der Waals surface area contributed by atoms with E-state index in [1.165, 1.54) is 29.2 Å². The molecule has 1 aliphatic heterocycles.